The summed E-state index contributed by atoms with van der Waals surface area (Å²) in [6, 6.07) is 0. The number of aliphatic carboxylic acids is 6. The predicted molar refractivity (Wildman–Crippen MR) is 217 cm³/mol. The van der Waals surface area contributed by atoms with Crippen LogP contribution in [0.3, 0.4) is 0 Å². The number of nitrogens with zero attached hydrogens (tertiary/aromatic N) is 5. The average molecular weight is 1140 g/mol. The first-order valence-corrected chi connectivity index (χ1v) is 19.2. The first kappa shape index (κ1) is 80.3. The van der Waals surface area contributed by atoms with Crippen molar-refractivity contribution in [3.63, 3.8) is 0 Å². The summed E-state index contributed by atoms with van der Waals surface area (Å²) in [5.74, 6) is -5.93. The van der Waals surface area contributed by atoms with Gasteiger partial charge in [-0.3, -0.25) is 48.4 Å². The topological polar surface area (TPSA) is 445 Å². The van der Waals surface area contributed by atoms with E-state index in [0.717, 1.165) is 19.6 Å². The minimum Gasteiger partial charge on any atom is -0.480 e. The molecule has 393 valence electrons. The van der Waals surface area contributed by atoms with E-state index in [0.29, 0.717) is 38.8 Å². The van der Waals surface area contributed by atoms with Gasteiger partial charge >= 0.3 is 100 Å². The molecule has 0 aliphatic heterocycles. The maximum Gasteiger partial charge on any atom is 3.00 e. The number of carbonyl (C=O) groups is 6. The Bertz CT molecular complexity index is 1280. The van der Waals surface area contributed by atoms with Gasteiger partial charge in [-0.2, -0.15) is 38.4 Å². The maximum absolute atomic E-state index is 11.0. The zero-order valence-electron chi connectivity index (χ0n) is 38.3. The molecule has 68 heavy (non-hydrogen) atoms. The third kappa shape index (κ3) is 84.7. The zero-order chi connectivity index (χ0) is 52.1. The fourth-order valence-corrected chi connectivity index (χ4v) is 4.25. The summed E-state index contributed by atoms with van der Waals surface area (Å²) >= 11 is 0. The molecule has 0 saturated heterocycles. The van der Waals surface area contributed by atoms with Gasteiger partial charge in [-0.1, -0.05) is 13.8 Å². The Kier molecular flexibility index (Phi) is 73.5. The first-order valence-electron chi connectivity index (χ1n) is 19.2. The molecule has 0 atom stereocenters. The van der Waals surface area contributed by atoms with Gasteiger partial charge in [0.15, 0.2) is 0 Å². The van der Waals surface area contributed by atoms with Crippen molar-refractivity contribution in [2.75, 3.05) is 152 Å². The third-order valence-electron chi connectivity index (χ3n) is 6.99. The minimum atomic E-state index is -1.17. The van der Waals surface area contributed by atoms with E-state index in [1.165, 1.54) is 14.7 Å². The summed E-state index contributed by atoms with van der Waals surface area (Å²) in [5.41, 5.74) is 0. The third-order valence-corrected chi connectivity index (χ3v) is 6.99. The molecule has 0 aromatic rings. The van der Waals surface area contributed by atoms with Crippen molar-refractivity contribution in [2.45, 2.75) is 20.3 Å². The normalized spacial score (nSPS) is 9.56. The molecular weight excluding hydrogens is 1070 g/mol. The summed E-state index contributed by atoms with van der Waals surface area (Å²) in [7, 11) is 3.99. The van der Waals surface area contributed by atoms with E-state index < -0.39 is 62.0 Å². The van der Waals surface area contributed by atoms with Crippen LogP contribution in [0.4, 0.5) is 0 Å². The van der Waals surface area contributed by atoms with Gasteiger partial charge in [-0.25, -0.2) is 0 Å². The summed E-state index contributed by atoms with van der Waals surface area (Å²) in [4.78, 5) is 138. The molecule has 0 aliphatic carbocycles. The van der Waals surface area contributed by atoms with Crippen LogP contribution < -0.4 is 0 Å². The minimum absolute atomic E-state index is 0. The fourth-order valence-electron chi connectivity index (χ4n) is 4.25. The van der Waals surface area contributed by atoms with E-state index in [1.54, 1.807) is 0 Å². The Morgan fingerprint density at radius 1 is 0.382 bits per heavy atom. The van der Waals surface area contributed by atoms with E-state index in [9.17, 15) is 28.8 Å². The molecule has 0 bridgehead atoms. The number of carbonyl (C=O) groups excluding carboxylic acids is 8. The molecule has 31 heteroatoms. The molecule has 8 N–H and O–H groups in total. The van der Waals surface area contributed by atoms with Gasteiger partial charge in [0.25, 0.3) is 0 Å². The quantitative estimate of drug-likeness (QED) is 0.0321. The van der Waals surface area contributed by atoms with E-state index in [4.69, 9.17) is 87.9 Å². The number of rotatable bonds is 36. The average Bonchev–Trinajstić information content (AvgIpc) is 3.17. The smallest absolute Gasteiger partial charge is 0.480 e. The van der Waals surface area contributed by atoms with Gasteiger partial charge in [0.1, 0.15) is 0 Å². The van der Waals surface area contributed by atoms with E-state index in [-0.39, 0.29) is 136 Å². The number of carboxylic acid groups (broad SMARTS) is 6. The second kappa shape index (κ2) is 62.3. The summed E-state index contributed by atoms with van der Waals surface area (Å²) in [5, 5.41) is 53.0. The molecule has 0 aromatic carbocycles. The van der Waals surface area contributed by atoms with Gasteiger partial charge in [-0.15, -0.1) is 0 Å². The Balaban J connectivity index is -0.000000146. The number of ether oxygens (including phenoxy) is 4. The fraction of sp³-hybridized carbons (Fsp3) is 0.730. The van der Waals surface area contributed by atoms with Crippen LogP contribution in [0.2, 0.25) is 0 Å². The zero-order valence-corrected chi connectivity index (χ0v) is 40.5. The van der Waals surface area contributed by atoms with Crippen molar-refractivity contribution < 1.29 is 162 Å². The molecule has 0 rings (SSSR count). The Labute approximate surface area is 423 Å². The molecule has 0 heterocycles. The number of hydrogen-bond acceptors (Lipinski definition) is 23. The van der Waals surface area contributed by atoms with Crippen LogP contribution in [0.25, 0.3) is 0 Å². The van der Waals surface area contributed by atoms with Crippen LogP contribution >= 0.6 is 0 Å². The van der Waals surface area contributed by atoms with Crippen molar-refractivity contribution in [1.82, 2.24) is 24.5 Å². The molecular formula is C37H65GdN5O25+3. The second-order valence-electron chi connectivity index (χ2n) is 13.1. The van der Waals surface area contributed by atoms with Crippen LogP contribution in [0.1, 0.15) is 20.3 Å². The van der Waals surface area contributed by atoms with Crippen LogP contribution in [-0.2, 0) is 86.1 Å². The SMILES string of the molecule is CC(C)CCOCCN(CCOCCN(C)C)CC(=O)O.O.O=C(O)CN(CCOCCN(CC(=O)O)CC(=O)O)CCOCCN(CC(=O)O)CC(=O)O.O=C=O.O=C=O.O=C=O.O=C=O.[Gd+3]. The Morgan fingerprint density at radius 2 is 0.559 bits per heavy atom. The molecule has 0 saturated carbocycles. The summed E-state index contributed by atoms with van der Waals surface area (Å²) < 4.78 is 21.7. The molecule has 1 radical (unpaired) electrons. The largest absolute Gasteiger partial charge is 3.00 e. The van der Waals surface area contributed by atoms with Gasteiger partial charge in [0, 0.05) is 52.4 Å². The molecule has 30 nitrogen and oxygen atoms in total. The maximum atomic E-state index is 11.0. The number of carboxylic acids is 6. The van der Waals surface area contributed by atoms with Gasteiger partial charge in [-0.05, 0) is 26.4 Å². The van der Waals surface area contributed by atoms with Crippen LogP contribution in [0.5, 0.6) is 0 Å². The Hall–Kier alpha value is -4.74. The summed E-state index contributed by atoms with van der Waals surface area (Å²) in [6.07, 6.45) is 2.03. The van der Waals surface area contributed by atoms with Crippen LogP contribution in [0.15, 0.2) is 0 Å². The van der Waals surface area contributed by atoms with Crippen LogP contribution in [0, 0.1) is 45.9 Å². The Morgan fingerprint density at radius 3 is 0.750 bits per heavy atom. The van der Waals surface area contributed by atoms with Gasteiger partial charge in [0.05, 0.1) is 85.5 Å². The molecule has 0 aliphatic rings. The van der Waals surface area contributed by atoms with Crippen molar-refractivity contribution in [2.24, 2.45) is 5.92 Å². The van der Waals surface area contributed by atoms with E-state index in [1.807, 2.05) is 19.0 Å². The second-order valence-corrected chi connectivity index (χ2v) is 13.1. The molecule has 0 spiro atoms. The first-order chi connectivity index (χ1) is 31.1. The monoisotopic (exact) mass is 1140 g/mol. The van der Waals surface area contributed by atoms with Gasteiger partial charge < -0.3 is 60.0 Å². The van der Waals surface area contributed by atoms with E-state index >= 15 is 0 Å². The number of likely N-dealkylation sites (N-methyl/N-ethyl adjacent to an activating group) is 1. The van der Waals surface area contributed by atoms with Crippen molar-refractivity contribution in [3.05, 3.63) is 0 Å². The number of hydrogen-bond donors (Lipinski definition) is 6. The molecule has 0 fully saturated rings. The van der Waals surface area contributed by atoms with Crippen LogP contribution in [-0.4, -0.2) is 273 Å². The van der Waals surface area contributed by atoms with Crippen molar-refractivity contribution >= 4 is 60.4 Å². The molecule has 0 aromatic heterocycles. The van der Waals surface area contributed by atoms with E-state index in [2.05, 4.69) is 18.7 Å². The molecule has 0 amide bonds. The summed E-state index contributed by atoms with van der Waals surface area (Å²) in [6.45, 7) is 7.82. The van der Waals surface area contributed by atoms with Crippen molar-refractivity contribution in [3.8, 4) is 0 Å². The van der Waals surface area contributed by atoms with Crippen molar-refractivity contribution in [1.29, 1.82) is 0 Å². The van der Waals surface area contributed by atoms with Gasteiger partial charge in [0.2, 0.25) is 0 Å². The standard InChI is InChI=1S/C18H31N3O12.C15H32N2O4.4CO2.Gd.H2O/c22-14(23)9-19(1-5-32-7-3-20(10-15(24)25)11-16(26)27)2-6-33-8-4-21(12-17(28)29)13-18(30)31;1-14(2)5-9-20-11-7-17(13-15(18)19)8-12-21-10-6-16(3)4;4*2-1-3;;/h1-13H2,(H,22,23)(H,24,25)(H,26,27)(H,28,29)(H,30,31);14H,5-13H2,1-4H3,(H,18,19);;;;;;1H2/q;;;;;;+3;. The predicted octanol–water partition coefficient (Wildman–Crippen LogP) is -4.80. The molecule has 0 unspecified atom stereocenters.